The zero-order valence-electron chi connectivity index (χ0n) is 8.99. The molecular formula is C9H17NO4. The average molecular weight is 203 g/mol. The molecule has 2 atom stereocenters. The van der Waals surface area contributed by atoms with Gasteiger partial charge in [0.25, 0.3) is 0 Å². The SMILES string of the molecule is COC[C@H](NC(C)=O)[C@H](C)OC(C)=O. The number of nitrogens with one attached hydrogen (secondary N) is 1. The van der Waals surface area contributed by atoms with Gasteiger partial charge in [-0.05, 0) is 6.92 Å². The number of carbonyl (C=O) groups is 2. The molecule has 82 valence electrons. The van der Waals surface area contributed by atoms with Gasteiger partial charge in [0, 0.05) is 21.0 Å². The highest BCUT2D eigenvalue weighted by atomic mass is 16.5. The highest BCUT2D eigenvalue weighted by Gasteiger charge is 2.20. The second-order valence-electron chi connectivity index (χ2n) is 3.08. The summed E-state index contributed by atoms with van der Waals surface area (Å²) in [7, 11) is 1.52. The molecule has 0 unspecified atom stereocenters. The molecule has 0 radical (unpaired) electrons. The van der Waals surface area contributed by atoms with Gasteiger partial charge in [-0.1, -0.05) is 0 Å². The molecule has 0 aliphatic heterocycles. The van der Waals surface area contributed by atoms with Gasteiger partial charge < -0.3 is 14.8 Å². The lowest BCUT2D eigenvalue weighted by atomic mass is 10.2. The van der Waals surface area contributed by atoms with E-state index >= 15 is 0 Å². The molecule has 1 amide bonds. The van der Waals surface area contributed by atoms with Gasteiger partial charge in [-0.2, -0.15) is 0 Å². The Kier molecular flexibility index (Phi) is 5.87. The first kappa shape index (κ1) is 12.9. The summed E-state index contributed by atoms with van der Waals surface area (Å²) < 4.78 is 9.83. The van der Waals surface area contributed by atoms with Crippen molar-refractivity contribution in [1.29, 1.82) is 0 Å². The molecule has 0 saturated heterocycles. The number of esters is 1. The highest BCUT2D eigenvalue weighted by molar-refractivity contribution is 5.73. The molecule has 14 heavy (non-hydrogen) atoms. The van der Waals surface area contributed by atoms with Crippen LogP contribution in [0, 0.1) is 0 Å². The largest absolute Gasteiger partial charge is 0.461 e. The molecule has 5 heteroatoms. The third kappa shape index (κ3) is 5.53. The fourth-order valence-corrected chi connectivity index (χ4v) is 1.08. The first-order valence-electron chi connectivity index (χ1n) is 4.40. The van der Waals surface area contributed by atoms with Crippen LogP contribution in [0.25, 0.3) is 0 Å². The minimum Gasteiger partial charge on any atom is -0.461 e. The quantitative estimate of drug-likeness (QED) is 0.643. The van der Waals surface area contributed by atoms with E-state index in [9.17, 15) is 9.59 Å². The number of hydrogen-bond donors (Lipinski definition) is 1. The Morgan fingerprint density at radius 1 is 1.36 bits per heavy atom. The Morgan fingerprint density at radius 3 is 2.29 bits per heavy atom. The minimum absolute atomic E-state index is 0.175. The van der Waals surface area contributed by atoms with Crippen molar-refractivity contribution in [3.63, 3.8) is 0 Å². The maximum atomic E-state index is 10.8. The predicted octanol–water partition coefficient (Wildman–Crippen LogP) is 0.0891. The first-order chi connectivity index (χ1) is 6.47. The molecule has 0 heterocycles. The fraction of sp³-hybridized carbons (Fsp3) is 0.778. The Balaban J connectivity index is 4.16. The van der Waals surface area contributed by atoms with Gasteiger partial charge in [0.15, 0.2) is 0 Å². The van der Waals surface area contributed by atoms with Gasteiger partial charge >= 0.3 is 5.97 Å². The van der Waals surface area contributed by atoms with E-state index in [0.29, 0.717) is 6.61 Å². The molecule has 0 aliphatic carbocycles. The Morgan fingerprint density at radius 2 is 1.93 bits per heavy atom. The molecule has 0 saturated carbocycles. The lowest BCUT2D eigenvalue weighted by Crippen LogP contribution is -2.45. The Hall–Kier alpha value is -1.10. The Labute approximate surface area is 83.8 Å². The highest BCUT2D eigenvalue weighted by Crippen LogP contribution is 2.00. The monoisotopic (exact) mass is 203 g/mol. The summed E-state index contributed by atoms with van der Waals surface area (Å²) in [6, 6.07) is -0.304. The zero-order valence-corrected chi connectivity index (χ0v) is 8.99. The molecular weight excluding hydrogens is 186 g/mol. The van der Waals surface area contributed by atoms with Crippen molar-refractivity contribution in [3.05, 3.63) is 0 Å². The lowest BCUT2D eigenvalue weighted by molar-refractivity contribution is -0.148. The van der Waals surface area contributed by atoms with E-state index in [-0.39, 0.29) is 17.9 Å². The second-order valence-corrected chi connectivity index (χ2v) is 3.08. The van der Waals surface area contributed by atoms with Crippen LogP contribution < -0.4 is 5.32 Å². The number of amides is 1. The van der Waals surface area contributed by atoms with E-state index in [1.807, 2.05) is 0 Å². The third-order valence-corrected chi connectivity index (χ3v) is 1.65. The Bertz CT molecular complexity index is 205. The first-order valence-corrected chi connectivity index (χ1v) is 4.40. The maximum absolute atomic E-state index is 10.8. The number of ether oxygens (including phenoxy) is 2. The molecule has 5 nitrogen and oxygen atoms in total. The summed E-state index contributed by atoms with van der Waals surface area (Å²) in [4.78, 5) is 21.5. The van der Waals surface area contributed by atoms with E-state index in [1.165, 1.54) is 21.0 Å². The summed E-state index contributed by atoms with van der Waals surface area (Å²) >= 11 is 0. The van der Waals surface area contributed by atoms with Gasteiger partial charge in [-0.25, -0.2) is 0 Å². The van der Waals surface area contributed by atoms with Crippen molar-refractivity contribution >= 4 is 11.9 Å². The minimum atomic E-state index is -0.392. The van der Waals surface area contributed by atoms with Crippen LogP contribution in [0.4, 0.5) is 0 Å². The number of rotatable bonds is 5. The van der Waals surface area contributed by atoms with Gasteiger partial charge in [-0.15, -0.1) is 0 Å². The van der Waals surface area contributed by atoms with E-state index in [1.54, 1.807) is 6.92 Å². The van der Waals surface area contributed by atoms with Crippen LogP contribution in [0.2, 0.25) is 0 Å². The zero-order chi connectivity index (χ0) is 11.1. The number of carbonyl (C=O) groups excluding carboxylic acids is 2. The normalized spacial score (nSPS) is 14.3. The third-order valence-electron chi connectivity index (χ3n) is 1.65. The summed E-state index contributed by atoms with van der Waals surface area (Å²) in [5, 5.41) is 2.64. The van der Waals surface area contributed by atoms with Crippen LogP contribution in [0.15, 0.2) is 0 Å². The summed E-state index contributed by atoms with van der Waals surface area (Å²) in [6.07, 6.45) is -0.392. The van der Waals surface area contributed by atoms with Crippen LogP contribution in [-0.2, 0) is 19.1 Å². The second kappa shape index (κ2) is 6.37. The van der Waals surface area contributed by atoms with Gasteiger partial charge in [0.1, 0.15) is 6.10 Å². The maximum Gasteiger partial charge on any atom is 0.302 e. The number of methoxy groups -OCH3 is 1. The number of hydrogen-bond acceptors (Lipinski definition) is 4. The van der Waals surface area contributed by atoms with E-state index in [4.69, 9.17) is 9.47 Å². The molecule has 0 aromatic heterocycles. The van der Waals surface area contributed by atoms with Gasteiger partial charge in [-0.3, -0.25) is 9.59 Å². The van der Waals surface area contributed by atoms with Crippen molar-refractivity contribution in [3.8, 4) is 0 Å². The van der Waals surface area contributed by atoms with E-state index < -0.39 is 6.10 Å². The van der Waals surface area contributed by atoms with Crippen molar-refractivity contribution in [2.45, 2.75) is 32.9 Å². The van der Waals surface area contributed by atoms with Crippen molar-refractivity contribution in [2.75, 3.05) is 13.7 Å². The van der Waals surface area contributed by atoms with Crippen LogP contribution in [-0.4, -0.2) is 37.7 Å². The van der Waals surface area contributed by atoms with E-state index in [2.05, 4.69) is 5.32 Å². The average Bonchev–Trinajstić information content (AvgIpc) is 2.01. The van der Waals surface area contributed by atoms with Crippen LogP contribution in [0.3, 0.4) is 0 Å². The van der Waals surface area contributed by atoms with Crippen LogP contribution >= 0.6 is 0 Å². The van der Waals surface area contributed by atoms with Crippen LogP contribution in [0.5, 0.6) is 0 Å². The fourth-order valence-electron chi connectivity index (χ4n) is 1.08. The molecule has 0 fully saturated rings. The van der Waals surface area contributed by atoms with Crippen molar-refractivity contribution < 1.29 is 19.1 Å². The van der Waals surface area contributed by atoms with Crippen molar-refractivity contribution in [2.24, 2.45) is 0 Å². The van der Waals surface area contributed by atoms with Crippen molar-refractivity contribution in [1.82, 2.24) is 5.32 Å². The molecule has 1 N–H and O–H groups in total. The molecule has 0 aliphatic rings. The predicted molar refractivity (Wildman–Crippen MR) is 50.7 cm³/mol. The van der Waals surface area contributed by atoms with Crippen LogP contribution in [0.1, 0.15) is 20.8 Å². The van der Waals surface area contributed by atoms with E-state index in [0.717, 1.165) is 0 Å². The smallest absolute Gasteiger partial charge is 0.302 e. The molecule has 0 bridgehead atoms. The molecule has 0 rings (SSSR count). The lowest BCUT2D eigenvalue weighted by Gasteiger charge is -2.23. The van der Waals surface area contributed by atoms with Gasteiger partial charge in [0.2, 0.25) is 5.91 Å². The summed E-state index contributed by atoms with van der Waals surface area (Å²) in [5.41, 5.74) is 0. The molecule has 0 aromatic carbocycles. The molecule has 0 spiro atoms. The standard InChI is InChI=1S/C9H17NO4/c1-6(14-8(3)12)9(5-13-4)10-7(2)11/h6,9H,5H2,1-4H3,(H,10,11)/t6-,9-/m0/s1. The van der Waals surface area contributed by atoms with Gasteiger partial charge in [0.05, 0.1) is 12.6 Å². The summed E-state index contributed by atoms with van der Waals surface area (Å²) in [6.45, 7) is 4.76. The topological polar surface area (TPSA) is 64.6 Å². The summed E-state index contributed by atoms with van der Waals surface area (Å²) in [5.74, 6) is -0.546. The molecule has 0 aromatic rings.